The third-order valence-electron chi connectivity index (χ3n) is 4.11. The zero-order chi connectivity index (χ0) is 19.9. The molecule has 2 amide bonds. The fraction of sp³-hybridized carbons (Fsp3) is 0.0909. The lowest BCUT2D eigenvalue weighted by atomic mass is 10.1. The lowest BCUT2D eigenvalue weighted by Crippen LogP contribution is -2.22. The Morgan fingerprint density at radius 3 is 2.21 bits per heavy atom. The predicted molar refractivity (Wildman–Crippen MR) is 110 cm³/mol. The molecule has 5 nitrogen and oxygen atoms in total. The number of carbonyl (C=O) groups excluding carboxylic acids is 2. The molecule has 0 bridgehead atoms. The summed E-state index contributed by atoms with van der Waals surface area (Å²) in [6, 6.07) is 21.1. The third kappa shape index (κ3) is 4.90. The van der Waals surface area contributed by atoms with Gasteiger partial charge in [0.1, 0.15) is 5.75 Å². The summed E-state index contributed by atoms with van der Waals surface area (Å²) in [4.78, 5) is 24.5. The lowest BCUT2D eigenvalue weighted by Gasteiger charge is -2.09. The molecule has 142 valence electrons. The van der Waals surface area contributed by atoms with Gasteiger partial charge < -0.3 is 15.4 Å². The molecule has 0 aliphatic heterocycles. The van der Waals surface area contributed by atoms with Gasteiger partial charge in [-0.1, -0.05) is 41.9 Å². The van der Waals surface area contributed by atoms with Gasteiger partial charge in [0.05, 0.1) is 12.1 Å². The summed E-state index contributed by atoms with van der Waals surface area (Å²) in [7, 11) is 1.53. The number of carbonyl (C=O) groups is 2. The molecule has 3 rings (SSSR count). The van der Waals surface area contributed by atoms with Crippen molar-refractivity contribution in [3.63, 3.8) is 0 Å². The topological polar surface area (TPSA) is 67.4 Å². The maximum atomic E-state index is 12.4. The van der Waals surface area contributed by atoms with Crippen LogP contribution in [0.2, 0.25) is 5.02 Å². The SMILES string of the molecule is COc1ccc(NC(=O)c2ccc(CNC(=O)c3ccccc3)cc2)cc1Cl. The number of methoxy groups -OCH3 is 1. The van der Waals surface area contributed by atoms with Crippen molar-refractivity contribution in [2.75, 3.05) is 12.4 Å². The van der Waals surface area contributed by atoms with Gasteiger partial charge in [-0.15, -0.1) is 0 Å². The molecule has 6 heteroatoms. The third-order valence-corrected chi connectivity index (χ3v) is 4.41. The van der Waals surface area contributed by atoms with Crippen LogP contribution in [0.25, 0.3) is 0 Å². The van der Waals surface area contributed by atoms with E-state index in [1.54, 1.807) is 54.6 Å². The van der Waals surface area contributed by atoms with Crippen molar-refractivity contribution in [2.45, 2.75) is 6.54 Å². The predicted octanol–water partition coefficient (Wildman–Crippen LogP) is 4.53. The molecule has 0 aliphatic carbocycles. The molecule has 2 N–H and O–H groups in total. The molecular formula is C22H19ClN2O3. The first-order valence-corrected chi connectivity index (χ1v) is 9.01. The summed E-state index contributed by atoms with van der Waals surface area (Å²) in [5.74, 6) is 0.154. The summed E-state index contributed by atoms with van der Waals surface area (Å²) in [5, 5.41) is 6.07. The van der Waals surface area contributed by atoms with E-state index in [0.717, 1.165) is 5.56 Å². The Hall–Kier alpha value is -3.31. The van der Waals surface area contributed by atoms with Crippen molar-refractivity contribution in [1.29, 1.82) is 0 Å². The minimum absolute atomic E-state index is 0.140. The van der Waals surface area contributed by atoms with Crippen LogP contribution in [0.1, 0.15) is 26.3 Å². The molecule has 0 saturated heterocycles. The number of halogens is 1. The zero-order valence-corrected chi connectivity index (χ0v) is 16.0. The van der Waals surface area contributed by atoms with Gasteiger partial charge in [-0.05, 0) is 48.0 Å². The van der Waals surface area contributed by atoms with Crippen LogP contribution in [-0.4, -0.2) is 18.9 Å². The second kappa shape index (κ2) is 9.06. The molecule has 0 heterocycles. The van der Waals surface area contributed by atoms with Gasteiger partial charge in [0, 0.05) is 23.4 Å². The average molecular weight is 395 g/mol. The summed E-state index contributed by atoms with van der Waals surface area (Å²) in [6.45, 7) is 0.379. The highest BCUT2D eigenvalue weighted by Gasteiger charge is 2.09. The van der Waals surface area contributed by atoms with E-state index in [2.05, 4.69) is 10.6 Å². The molecule has 0 unspecified atom stereocenters. The highest BCUT2D eigenvalue weighted by Crippen LogP contribution is 2.27. The number of anilines is 1. The molecule has 3 aromatic carbocycles. The van der Waals surface area contributed by atoms with E-state index in [1.807, 2.05) is 18.2 Å². The molecule has 28 heavy (non-hydrogen) atoms. The van der Waals surface area contributed by atoms with E-state index in [1.165, 1.54) is 7.11 Å². The van der Waals surface area contributed by atoms with E-state index in [4.69, 9.17) is 16.3 Å². The normalized spacial score (nSPS) is 10.2. The molecule has 0 radical (unpaired) electrons. The Morgan fingerprint density at radius 1 is 0.893 bits per heavy atom. The van der Waals surface area contributed by atoms with Crippen LogP contribution < -0.4 is 15.4 Å². The summed E-state index contributed by atoms with van der Waals surface area (Å²) in [6.07, 6.45) is 0. The van der Waals surface area contributed by atoms with E-state index in [-0.39, 0.29) is 11.8 Å². The zero-order valence-electron chi connectivity index (χ0n) is 15.2. The van der Waals surface area contributed by atoms with Gasteiger partial charge >= 0.3 is 0 Å². The molecule has 0 atom stereocenters. The van der Waals surface area contributed by atoms with Crippen molar-refractivity contribution < 1.29 is 14.3 Å². The van der Waals surface area contributed by atoms with Gasteiger partial charge in [-0.2, -0.15) is 0 Å². The van der Waals surface area contributed by atoms with Crippen molar-refractivity contribution in [1.82, 2.24) is 5.32 Å². The summed E-state index contributed by atoms with van der Waals surface area (Å²) < 4.78 is 5.10. The highest BCUT2D eigenvalue weighted by atomic mass is 35.5. The van der Waals surface area contributed by atoms with E-state index in [0.29, 0.717) is 34.1 Å². The van der Waals surface area contributed by atoms with Crippen LogP contribution in [0.15, 0.2) is 72.8 Å². The van der Waals surface area contributed by atoms with Gasteiger partial charge in [0.15, 0.2) is 0 Å². The van der Waals surface area contributed by atoms with Crippen molar-refractivity contribution in [3.8, 4) is 5.75 Å². The molecule has 0 saturated carbocycles. The Bertz CT molecular complexity index is 973. The van der Waals surface area contributed by atoms with Gasteiger partial charge in [0.2, 0.25) is 0 Å². The van der Waals surface area contributed by atoms with Crippen LogP contribution in [-0.2, 0) is 6.54 Å². The van der Waals surface area contributed by atoms with E-state index in [9.17, 15) is 9.59 Å². The van der Waals surface area contributed by atoms with Crippen molar-refractivity contribution in [2.24, 2.45) is 0 Å². The average Bonchev–Trinajstić information content (AvgIpc) is 2.73. The number of hydrogen-bond acceptors (Lipinski definition) is 3. The van der Waals surface area contributed by atoms with Crippen molar-refractivity contribution in [3.05, 3.63) is 94.5 Å². The quantitative estimate of drug-likeness (QED) is 0.645. The molecular weight excluding hydrogens is 376 g/mol. The highest BCUT2D eigenvalue weighted by molar-refractivity contribution is 6.32. The fourth-order valence-corrected chi connectivity index (χ4v) is 2.85. The number of hydrogen-bond donors (Lipinski definition) is 2. The minimum Gasteiger partial charge on any atom is -0.495 e. The maximum Gasteiger partial charge on any atom is 0.255 e. The standard InChI is InChI=1S/C22H19ClN2O3/c1-28-20-12-11-18(13-19(20)23)25-22(27)17-9-7-15(8-10-17)14-24-21(26)16-5-3-2-4-6-16/h2-13H,14H2,1H3,(H,24,26)(H,25,27). The van der Waals surface area contributed by atoms with Gasteiger partial charge in [-0.25, -0.2) is 0 Å². The Morgan fingerprint density at radius 2 is 1.57 bits per heavy atom. The van der Waals surface area contributed by atoms with Crippen LogP contribution in [0.4, 0.5) is 5.69 Å². The monoisotopic (exact) mass is 394 g/mol. The van der Waals surface area contributed by atoms with Gasteiger partial charge in [-0.3, -0.25) is 9.59 Å². The molecule has 0 aliphatic rings. The first kappa shape index (κ1) is 19.5. The van der Waals surface area contributed by atoms with Crippen LogP contribution in [0.3, 0.4) is 0 Å². The second-order valence-corrected chi connectivity index (χ2v) is 6.46. The van der Waals surface area contributed by atoms with E-state index < -0.39 is 0 Å². The number of rotatable bonds is 6. The smallest absolute Gasteiger partial charge is 0.255 e. The fourth-order valence-electron chi connectivity index (χ4n) is 2.60. The van der Waals surface area contributed by atoms with Crippen molar-refractivity contribution >= 4 is 29.1 Å². The Balaban J connectivity index is 1.58. The second-order valence-electron chi connectivity index (χ2n) is 6.05. The molecule has 0 aromatic heterocycles. The largest absolute Gasteiger partial charge is 0.495 e. The van der Waals surface area contributed by atoms with Gasteiger partial charge in [0.25, 0.3) is 11.8 Å². The number of ether oxygens (including phenoxy) is 1. The summed E-state index contributed by atoms with van der Waals surface area (Å²) in [5.41, 5.74) is 2.59. The van der Waals surface area contributed by atoms with E-state index >= 15 is 0 Å². The molecule has 3 aromatic rings. The number of benzene rings is 3. The Kier molecular flexibility index (Phi) is 6.29. The molecule has 0 fully saturated rings. The Labute approximate surface area is 168 Å². The van der Waals surface area contributed by atoms with Crippen LogP contribution >= 0.6 is 11.6 Å². The summed E-state index contributed by atoms with van der Waals surface area (Å²) >= 11 is 6.07. The van der Waals surface area contributed by atoms with Crippen LogP contribution in [0.5, 0.6) is 5.75 Å². The first-order valence-electron chi connectivity index (χ1n) is 8.64. The minimum atomic E-state index is -0.249. The molecule has 0 spiro atoms. The van der Waals surface area contributed by atoms with Crippen LogP contribution in [0, 0.1) is 0 Å². The lowest BCUT2D eigenvalue weighted by molar-refractivity contribution is 0.0949. The number of nitrogens with one attached hydrogen (secondary N) is 2. The number of amides is 2. The maximum absolute atomic E-state index is 12.4. The first-order chi connectivity index (χ1) is 13.6.